The van der Waals surface area contributed by atoms with Crippen LogP contribution in [0, 0.1) is 5.92 Å². The zero-order valence-electron chi connectivity index (χ0n) is 9.16. The van der Waals surface area contributed by atoms with Gasteiger partial charge < -0.3 is 9.47 Å². The molecule has 0 saturated heterocycles. The van der Waals surface area contributed by atoms with Gasteiger partial charge in [-0.2, -0.15) is 0 Å². The molecule has 0 aromatic carbocycles. The van der Waals surface area contributed by atoms with Gasteiger partial charge in [-0.3, -0.25) is 4.79 Å². The van der Waals surface area contributed by atoms with Crippen LogP contribution in [0.25, 0.3) is 0 Å². The van der Waals surface area contributed by atoms with Gasteiger partial charge in [0.15, 0.2) is 6.61 Å². The van der Waals surface area contributed by atoms with Crippen LogP contribution in [0.5, 0.6) is 0 Å². The fourth-order valence-corrected chi connectivity index (χ4v) is 1.79. The Morgan fingerprint density at radius 3 is 2.40 bits per heavy atom. The maximum Gasteiger partial charge on any atom is 0.344 e. The third-order valence-electron chi connectivity index (χ3n) is 2.58. The molecule has 86 valence electrons. The van der Waals surface area contributed by atoms with E-state index >= 15 is 0 Å². The molecule has 0 spiro atoms. The van der Waals surface area contributed by atoms with Gasteiger partial charge in [0.25, 0.3) is 0 Å². The average Bonchev–Trinajstić information content (AvgIpc) is 2.27. The molecule has 0 atom stereocenters. The molecule has 0 bridgehead atoms. The van der Waals surface area contributed by atoms with E-state index in [0.29, 0.717) is 6.61 Å². The van der Waals surface area contributed by atoms with Crippen molar-refractivity contribution in [1.82, 2.24) is 0 Å². The van der Waals surface area contributed by atoms with E-state index in [9.17, 15) is 9.59 Å². The Hall–Kier alpha value is -1.06. The summed E-state index contributed by atoms with van der Waals surface area (Å²) in [6, 6.07) is 0. The van der Waals surface area contributed by atoms with Crippen molar-refractivity contribution in [3.63, 3.8) is 0 Å². The topological polar surface area (TPSA) is 52.6 Å². The maximum absolute atomic E-state index is 11.5. The predicted octanol–water partition coefficient (Wildman–Crippen LogP) is 1.67. The SMILES string of the molecule is CCOC(=O)COC(=O)C1CCCCC1. The Morgan fingerprint density at radius 1 is 1.13 bits per heavy atom. The Balaban J connectivity index is 2.19. The summed E-state index contributed by atoms with van der Waals surface area (Å²) in [5.74, 6) is -0.724. The van der Waals surface area contributed by atoms with Crippen LogP contribution in [0.2, 0.25) is 0 Å². The number of rotatable bonds is 4. The van der Waals surface area contributed by atoms with Crippen LogP contribution in [-0.4, -0.2) is 25.2 Å². The second-order valence-corrected chi connectivity index (χ2v) is 3.75. The summed E-state index contributed by atoms with van der Waals surface area (Å²) in [4.78, 5) is 22.4. The quantitative estimate of drug-likeness (QED) is 0.668. The van der Waals surface area contributed by atoms with Gasteiger partial charge in [0.1, 0.15) is 0 Å². The molecule has 1 fully saturated rings. The molecule has 0 N–H and O–H groups in total. The summed E-state index contributed by atoms with van der Waals surface area (Å²) in [6.45, 7) is 1.80. The number of hydrogen-bond acceptors (Lipinski definition) is 4. The van der Waals surface area contributed by atoms with Gasteiger partial charge in [-0.1, -0.05) is 19.3 Å². The van der Waals surface area contributed by atoms with Crippen molar-refractivity contribution in [3.8, 4) is 0 Å². The molecule has 4 heteroatoms. The molecule has 15 heavy (non-hydrogen) atoms. The minimum Gasteiger partial charge on any atom is -0.463 e. The zero-order valence-corrected chi connectivity index (χ0v) is 9.16. The fraction of sp³-hybridized carbons (Fsp3) is 0.818. The average molecular weight is 214 g/mol. The first-order valence-electron chi connectivity index (χ1n) is 5.56. The summed E-state index contributed by atoms with van der Waals surface area (Å²) < 4.78 is 9.55. The third kappa shape index (κ3) is 4.32. The molecule has 1 aliphatic rings. The Labute approximate surface area is 89.9 Å². The van der Waals surface area contributed by atoms with Gasteiger partial charge in [0.2, 0.25) is 0 Å². The van der Waals surface area contributed by atoms with Gasteiger partial charge in [0.05, 0.1) is 12.5 Å². The molecule has 1 rings (SSSR count). The number of carbonyl (C=O) groups excluding carboxylic acids is 2. The Bertz CT molecular complexity index is 219. The van der Waals surface area contributed by atoms with E-state index in [0.717, 1.165) is 25.7 Å². The van der Waals surface area contributed by atoms with E-state index < -0.39 is 5.97 Å². The van der Waals surface area contributed by atoms with Crippen molar-refractivity contribution in [2.24, 2.45) is 5.92 Å². The number of ether oxygens (including phenoxy) is 2. The molecule has 4 nitrogen and oxygen atoms in total. The van der Waals surface area contributed by atoms with E-state index in [2.05, 4.69) is 4.74 Å². The van der Waals surface area contributed by atoms with Crippen LogP contribution in [0.15, 0.2) is 0 Å². The highest BCUT2D eigenvalue weighted by atomic mass is 16.6. The fourth-order valence-electron chi connectivity index (χ4n) is 1.79. The minimum atomic E-state index is -0.471. The molecule has 0 aliphatic heterocycles. The van der Waals surface area contributed by atoms with Gasteiger partial charge in [-0.15, -0.1) is 0 Å². The third-order valence-corrected chi connectivity index (χ3v) is 2.58. The van der Waals surface area contributed by atoms with Crippen molar-refractivity contribution < 1.29 is 19.1 Å². The Kier molecular flexibility index (Phi) is 5.15. The smallest absolute Gasteiger partial charge is 0.344 e. The van der Waals surface area contributed by atoms with Gasteiger partial charge in [-0.05, 0) is 19.8 Å². The lowest BCUT2D eigenvalue weighted by Crippen LogP contribution is -2.24. The number of hydrogen-bond donors (Lipinski definition) is 0. The molecule has 1 saturated carbocycles. The van der Waals surface area contributed by atoms with Crippen LogP contribution in [0.3, 0.4) is 0 Å². The van der Waals surface area contributed by atoms with Crippen LogP contribution >= 0.6 is 0 Å². The van der Waals surface area contributed by atoms with Crippen molar-refractivity contribution in [3.05, 3.63) is 0 Å². The Morgan fingerprint density at radius 2 is 1.80 bits per heavy atom. The van der Waals surface area contributed by atoms with Crippen molar-refractivity contribution in [2.45, 2.75) is 39.0 Å². The summed E-state index contributed by atoms with van der Waals surface area (Å²) in [5.41, 5.74) is 0. The highest BCUT2D eigenvalue weighted by molar-refractivity contribution is 5.77. The molecule has 1 aliphatic carbocycles. The molecular weight excluding hydrogens is 196 g/mol. The summed E-state index contributed by atoms with van der Waals surface area (Å²) in [5, 5.41) is 0. The largest absolute Gasteiger partial charge is 0.463 e. The van der Waals surface area contributed by atoms with Crippen LogP contribution in [-0.2, 0) is 19.1 Å². The minimum absolute atomic E-state index is 0.00632. The first kappa shape index (κ1) is 12.0. The van der Waals surface area contributed by atoms with Crippen molar-refractivity contribution in [1.29, 1.82) is 0 Å². The summed E-state index contributed by atoms with van der Waals surface area (Å²) in [6.07, 6.45) is 5.14. The van der Waals surface area contributed by atoms with Crippen molar-refractivity contribution >= 4 is 11.9 Å². The van der Waals surface area contributed by atoms with Gasteiger partial charge >= 0.3 is 11.9 Å². The molecule has 0 radical (unpaired) electrons. The predicted molar refractivity (Wildman–Crippen MR) is 54.2 cm³/mol. The number of esters is 2. The second-order valence-electron chi connectivity index (χ2n) is 3.75. The van der Waals surface area contributed by atoms with Crippen LogP contribution in [0.4, 0.5) is 0 Å². The molecule has 0 amide bonds. The normalized spacial score (nSPS) is 17.1. The lowest BCUT2D eigenvalue weighted by Gasteiger charge is -2.19. The van der Waals surface area contributed by atoms with Crippen molar-refractivity contribution in [2.75, 3.05) is 13.2 Å². The molecule has 0 aromatic heterocycles. The van der Waals surface area contributed by atoms with Crippen LogP contribution in [0.1, 0.15) is 39.0 Å². The van der Waals surface area contributed by atoms with Gasteiger partial charge in [0, 0.05) is 0 Å². The first-order chi connectivity index (χ1) is 7.24. The monoisotopic (exact) mass is 214 g/mol. The second kappa shape index (κ2) is 6.43. The highest BCUT2D eigenvalue weighted by Gasteiger charge is 2.23. The lowest BCUT2D eigenvalue weighted by molar-refractivity contribution is -0.161. The standard InChI is InChI=1S/C11H18O4/c1-2-14-10(12)8-15-11(13)9-6-4-3-5-7-9/h9H,2-8H2,1H3. The molecule has 0 unspecified atom stereocenters. The van der Waals surface area contributed by atoms with E-state index in [1.807, 2.05) is 0 Å². The van der Waals surface area contributed by atoms with E-state index in [-0.39, 0.29) is 18.5 Å². The lowest BCUT2D eigenvalue weighted by atomic mass is 9.89. The van der Waals surface area contributed by atoms with E-state index in [1.165, 1.54) is 6.42 Å². The molecule has 0 heterocycles. The first-order valence-corrected chi connectivity index (χ1v) is 5.56. The van der Waals surface area contributed by atoms with E-state index in [4.69, 9.17) is 4.74 Å². The molecular formula is C11H18O4. The van der Waals surface area contributed by atoms with Gasteiger partial charge in [-0.25, -0.2) is 4.79 Å². The summed E-state index contributed by atoms with van der Waals surface area (Å²) >= 11 is 0. The van der Waals surface area contributed by atoms with E-state index in [1.54, 1.807) is 6.92 Å². The number of carbonyl (C=O) groups is 2. The van der Waals surface area contributed by atoms with Crippen LogP contribution < -0.4 is 0 Å². The maximum atomic E-state index is 11.5. The highest BCUT2D eigenvalue weighted by Crippen LogP contribution is 2.24. The summed E-state index contributed by atoms with van der Waals surface area (Å²) in [7, 11) is 0. The molecule has 0 aromatic rings. The zero-order chi connectivity index (χ0) is 11.1.